The van der Waals surface area contributed by atoms with Crippen LogP contribution in [0.25, 0.3) is 0 Å². The summed E-state index contributed by atoms with van der Waals surface area (Å²) in [5.74, 6) is 0.482. The minimum Gasteiger partial charge on any atom is -0.444 e. The molecule has 1 rings (SSSR count). The predicted octanol–water partition coefficient (Wildman–Crippen LogP) is 2.01. The van der Waals surface area contributed by atoms with Crippen LogP contribution in [0.4, 0.5) is 4.79 Å². The van der Waals surface area contributed by atoms with Gasteiger partial charge in [-0.05, 0) is 39.5 Å². The minimum absolute atomic E-state index is 0.0198. The first-order chi connectivity index (χ1) is 7.33. The van der Waals surface area contributed by atoms with Crippen LogP contribution in [0.5, 0.6) is 0 Å². The Labute approximate surface area is 97.6 Å². The largest absolute Gasteiger partial charge is 0.444 e. The van der Waals surface area contributed by atoms with Crippen LogP contribution in [0, 0.1) is 5.92 Å². The van der Waals surface area contributed by atoms with Crippen molar-refractivity contribution in [2.75, 3.05) is 13.2 Å². The van der Waals surface area contributed by atoms with E-state index < -0.39 is 5.60 Å². The summed E-state index contributed by atoms with van der Waals surface area (Å²) in [7, 11) is 0. The van der Waals surface area contributed by atoms with Crippen molar-refractivity contribution in [3.63, 3.8) is 0 Å². The Morgan fingerprint density at radius 1 is 1.44 bits per heavy atom. The van der Waals surface area contributed by atoms with E-state index in [4.69, 9.17) is 4.74 Å². The van der Waals surface area contributed by atoms with E-state index in [9.17, 15) is 9.90 Å². The van der Waals surface area contributed by atoms with E-state index in [2.05, 4.69) is 6.92 Å². The third kappa shape index (κ3) is 3.67. The first-order valence-corrected chi connectivity index (χ1v) is 5.94. The highest BCUT2D eigenvalue weighted by atomic mass is 16.6. The molecule has 4 heteroatoms. The van der Waals surface area contributed by atoms with Gasteiger partial charge in [-0.15, -0.1) is 0 Å². The lowest BCUT2D eigenvalue weighted by molar-refractivity contribution is -0.00476. The molecule has 0 saturated carbocycles. The molecule has 1 N–H and O–H groups in total. The summed E-state index contributed by atoms with van der Waals surface area (Å²) in [5.41, 5.74) is -0.474. The van der Waals surface area contributed by atoms with Crippen molar-refractivity contribution >= 4 is 6.09 Å². The van der Waals surface area contributed by atoms with E-state index in [1.165, 1.54) is 0 Å². The quantitative estimate of drug-likeness (QED) is 0.748. The third-order valence-corrected chi connectivity index (χ3v) is 2.78. The lowest BCUT2D eigenvalue weighted by Gasteiger charge is -2.38. The zero-order valence-electron chi connectivity index (χ0n) is 10.7. The van der Waals surface area contributed by atoms with Crippen molar-refractivity contribution in [1.82, 2.24) is 4.90 Å². The summed E-state index contributed by atoms with van der Waals surface area (Å²) in [5, 5.41) is 9.25. The Kier molecular flexibility index (Phi) is 4.19. The zero-order chi connectivity index (χ0) is 12.3. The molecule has 0 bridgehead atoms. The monoisotopic (exact) mass is 229 g/mol. The summed E-state index contributed by atoms with van der Waals surface area (Å²) in [6, 6.07) is -0.0777. The molecule has 2 atom stereocenters. The van der Waals surface area contributed by atoms with E-state index >= 15 is 0 Å². The number of hydrogen-bond donors (Lipinski definition) is 1. The molecule has 1 fully saturated rings. The van der Waals surface area contributed by atoms with Gasteiger partial charge in [-0.1, -0.05) is 6.92 Å². The lowest BCUT2D eigenvalue weighted by atomic mass is 9.95. The van der Waals surface area contributed by atoms with Gasteiger partial charge in [-0.25, -0.2) is 4.79 Å². The molecule has 1 saturated heterocycles. The van der Waals surface area contributed by atoms with Crippen molar-refractivity contribution in [3.05, 3.63) is 0 Å². The molecule has 0 spiro atoms. The summed E-state index contributed by atoms with van der Waals surface area (Å²) in [6.45, 7) is 8.38. The Hall–Kier alpha value is -0.770. The first-order valence-electron chi connectivity index (χ1n) is 5.94. The fourth-order valence-corrected chi connectivity index (χ4v) is 1.94. The number of carbonyl (C=O) groups excluding carboxylic acids is 1. The van der Waals surface area contributed by atoms with E-state index in [0.29, 0.717) is 12.5 Å². The summed E-state index contributed by atoms with van der Waals surface area (Å²) in [4.78, 5) is 13.6. The Bertz CT molecular complexity index is 247. The van der Waals surface area contributed by atoms with Crippen LogP contribution in [0.15, 0.2) is 0 Å². The molecule has 4 nitrogen and oxygen atoms in total. The van der Waals surface area contributed by atoms with Gasteiger partial charge >= 0.3 is 6.09 Å². The number of rotatable bonds is 1. The second-order valence-electron chi connectivity index (χ2n) is 5.65. The van der Waals surface area contributed by atoms with Gasteiger partial charge in [0.2, 0.25) is 0 Å². The van der Waals surface area contributed by atoms with Gasteiger partial charge in [0.15, 0.2) is 0 Å². The zero-order valence-corrected chi connectivity index (χ0v) is 10.7. The highest BCUT2D eigenvalue weighted by molar-refractivity contribution is 5.68. The maximum absolute atomic E-state index is 11.9. The second kappa shape index (κ2) is 5.04. The number of piperidine rings is 1. The summed E-state index contributed by atoms with van der Waals surface area (Å²) < 4.78 is 5.33. The summed E-state index contributed by atoms with van der Waals surface area (Å²) in [6.07, 6.45) is 1.61. The average molecular weight is 229 g/mol. The number of carbonyl (C=O) groups is 1. The topological polar surface area (TPSA) is 49.8 Å². The van der Waals surface area contributed by atoms with E-state index in [1.807, 2.05) is 20.8 Å². The van der Waals surface area contributed by atoms with Gasteiger partial charge < -0.3 is 14.7 Å². The minimum atomic E-state index is -0.474. The Morgan fingerprint density at radius 3 is 2.56 bits per heavy atom. The highest BCUT2D eigenvalue weighted by Crippen LogP contribution is 2.23. The number of nitrogens with zero attached hydrogens (tertiary/aromatic N) is 1. The molecular formula is C12H23NO3. The molecule has 1 amide bonds. The van der Waals surface area contributed by atoms with E-state index in [-0.39, 0.29) is 18.7 Å². The number of amides is 1. The van der Waals surface area contributed by atoms with Crippen LogP contribution in [0.1, 0.15) is 40.5 Å². The van der Waals surface area contributed by atoms with Gasteiger partial charge in [-0.2, -0.15) is 0 Å². The molecular weight excluding hydrogens is 206 g/mol. The van der Waals surface area contributed by atoms with Crippen molar-refractivity contribution in [2.24, 2.45) is 5.92 Å². The SMILES string of the molecule is C[C@@H]1CCC(CO)N(C(=O)OC(C)(C)C)C1. The fraction of sp³-hybridized carbons (Fsp3) is 0.917. The number of aliphatic hydroxyl groups is 1. The normalized spacial score (nSPS) is 26.7. The fourth-order valence-electron chi connectivity index (χ4n) is 1.94. The van der Waals surface area contributed by atoms with Crippen LogP contribution < -0.4 is 0 Å². The van der Waals surface area contributed by atoms with Crippen LogP contribution in [-0.4, -0.2) is 40.9 Å². The van der Waals surface area contributed by atoms with Crippen molar-refractivity contribution < 1.29 is 14.6 Å². The third-order valence-electron chi connectivity index (χ3n) is 2.78. The number of hydrogen-bond acceptors (Lipinski definition) is 3. The highest BCUT2D eigenvalue weighted by Gasteiger charge is 2.32. The van der Waals surface area contributed by atoms with Crippen LogP contribution in [-0.2, 0) is 4.74 Å². The molecule has 0 aromatic rings. The van der Waals surface area contributed by atoms with Gasteiger partial charge in [0.25, 0.3) is 0 Å². The number of aliphatic hydroxyl groups excluding tert-OH is 1. The average Bonchev–Trinajstić information content (AvgIpc) is 2.15. The molecule has 94 valence electrons. The van der Waals surface area contributed by atoms with Gasteiger partial charge in [0, 0.05) is 6.54 Å². The second-order valence-corrected chi connectivity index (χ2v) is 5.65. The van der Waals surface area contributed by atoms with Crippen molar-refractivity contribution in [3.8, 4) is 0 Å². The van der Waals surface area contributed by atoms with Crippen molar-refractivity contribution in [1.29, 1.82) is 0 Å². The summed E-state index contributed by atoms with van der Waals surface area (Å²) >= 11 is 0. The molecule has 0 aromatic carbocycles. The maximum Gasteiger partial charge on any atom is 0.410 e. The molecule has 1 aliphatic rings. The van der Waals surface area contributed by atoms with Gasteiger partial charge in [0.1, 0.15) is 5.60 Å². The van der Waals surface area contributed by atoms with E-state index in [1.54, 1.807) is 4.90 Å². The molecule has 0 aromatic heterocycles. The maximum atomic E-state index is 11.9. The van der Waals surface area contributed by atoms with Crippen LogP contribution in [0.2, 0.25) is 0 Å². The molecule has 1 heterocycles. The Balaban J connectivity index is 2.63. The molecule has 0 radical (unpaired) electrons. The molecule has 0 aliphatic carbocycles. The van der Waals surface area contributed by atoms with E-state index in [0.717, 1.165) is 12.8 Å². The molecule has 1 unspecified atom stereocenters. The standard InChI is InChI=1S/C12H23NO3/c1-9-5-6-10(8-14)13(7-9)11(15)16-12(2,3)4/h9-10,14H,5-8H2,1-4H3/t9-,10?/m1/s1. The van der Waals surface area contributed by atoms with Gasteiger partial charge in [-0.3, -0.25) is 0 Å². The van der Waals surface area contributed by atoms with Crippen LogP contribution in [0.3, 0.4) is 0 Å². The molecule has 1 aliphatic heterocycles. The Morgan fingerprint density at radius 2 is 2.06 bits per heavy atom. The lowest BCUT2D eigenvalue weighted by Crippen LogP contribution is -2.49. The predicted molar refractivity (Wildman–Crippen MR) is 62.2 cm³/mol. The van der Waals surface area contributed by atoms with Crippen molar-refractivity contribution in [2.45, 2.75) is 52.2 Å². The smallest absolute Gasteiger partial charge is 0.410 e. The number of ether oxygens (including phenoxy) is 1. The van der Waals surface area contributed by atoms with Gasteiger partial charge in [0.05, 0.1) is 12.6 Å². The number of likely N-dealkylation sites (tertiary alicyclic amines) is 1. The first kappa shape index (κ1) is 13.3. The molecule has 16 heavy (non-hydrogen) atoms. The van der Waals surface area contributed by atoms with Crippen LogP contribution >= 0.6 is 0 Å².